The molecule has 0 aliphatic carbocycles. The molecular weight excluding hydrogens is 422 g/mol. The monoisotopic (exact) mass is 451 g/mol. The SMILES string of the molecule is Cc1ccc(C)c(NC(=O)CC2SC(=Nc3ccccc3C)N(CC3CCCO3)C2=O)c1. The van der Waals surface area contributed by atoms with E-state index in [4.69, 9.17) is 9.73 Å². The van der Waals surface area contributed by atoms with Gasteiger partial charge in [0.1, 0.15) is 5.25 Å². The quantitative estimate of drug-likeness (QED) is 0.688. The van der Waals surface area contributed by atoms with Gasteiger partial charge in [0.2, 0.25) is 11.8 Å². The molecule has 2 fully saturated rings. The molecule has 7 heteroatoms. The van der Waals surface area contributed by atoms with Crippen LogP contribution in [0.25, 0.3) is 0 Å². The average molecular weight is 452 g/mol. The Bertz CT molecular complexity index is 1050. The number of nitrogens with zero attached hydrogens (tertiary/aromatic N) is 2. The summed E-state index contributed by atoms with van der Waals surface area (Å²) in [5.74, 6) is -0.243. The number of carbonyl (C=O) groups excluding carboxylic acids is 2. The molecule has 32 heavy (non-hydrogen) atoms. The van der Waals surface area contributed by atoms with Gasteiger partial charge in [0.05, 0.1) is 18.3 Å². The van der Waals surface area contributed by atoms with Crippen molar-refractivity contribution >= 4 is 40.1 Å². The second-order valence-corrected chi connectivity index (χ2v) is 9.61. The first-order valence-electron chi connectivity index (χ1n) is 11.0. The number of rotatable bonds is 6. The molecule has 2 atom stereocenters. The maximum atomic E-state index is 13.3. The number of thioether (sulfide) groups is 1. The van der Waals surface area contributed by atoms with Crippen molar-refractivity contribution in [1.82, 2.24) is 4.90 Å². The predicted octanol–water partition coefficient (Wildman–Crippen LogP) is 4.75. The predicted molar refractivity (Wildman–Crippen MR) is 130 cm³/mol. The van der Waals surface area contributed by atoms with E-state index in [2.05, 4.69) is 5.32 Å². The number of amidine groups is 1. The Morgan fingerprint density at radius 3 is 2.75 bits per heavy atom. The van der Waals surface area contributed by atoms with Crippen LogP contribution in [0.1, 0.15) is 36.0 Å². The third-order valence-electron chi connectivity index (χ3n) is 5.80. The van der Waals surface area contributed by atoms with Crippen molar-refractivity contribution in [3.8, 4) is 0 Å². The molecule has 2 amide bonds. The van der Waals surface area contributed by atoms with Crippen molar-refractivity contribution in [2.75, 3.05) is 18.5 Å². The van der Waals surface area contributed by atoms with E-state index >= 15 is 0 Å². The summed E-state index contributed by atoms with van der Waals surface area (Å²) in [4.78, 5) is 32.6. The van der Waals surface area contributed by atoms with Crippen LogP contribution in [-0.2, 0) is 14.3 Å². The molecule has 6 nitrogen and oxygen atoms in total. The van der Waals surface area contributed by atoms with Crippen molar-refractivity contribution in [1.29, 1.82) is 0 Å². The lowest BCUT2D eigenvalue weighted by atomic mass is 10.1. The number of aliphatic imine (C=N–C) groups is 1. The van der Waals surface area contributed by atoms with Crippen molar-refractivity contribution in [3.05, 3.63) is 59.2 Å². The number of hydrogen-bond acceptors (Lipinski definition) is 5. The van der Waals surface area contributed by atoms with Gasteiger partial charge in [-0.15, -0.1) is 0 Å². The highest BCUT2D eigenvalue weighted by molar-refractivity contribution is 8.15. The van der Waals surface area contributed by atoms with Gasteiger partial charge in [0.25, 0.3) is 0 Å². The van der Waals surface area contributed by atoms with Crippen molar-refractivity contribution in [2.45, 2.75) is 51.4 Å². The maximum absolute atomic E-state index is 13.3. The molecule has 0 spiro atoms. The van der Waals surface area contributed by atoms with E-state index in [-0.39, 0.29) is 24.3 Å². The first kappa shape index (κ1) is 22.6. The summed E-state index contributed by atoms with van der Waals surface area (Å²) in [5, 5.41) is 3.12. The van der Waals surface area contributed by atoms with Crippen LogP contribution in [0, 0.1) is 20.8 Å². The molecular formula is C25H29N3O3S. The number of anilines is 1. The van der Waals surface area contributed by atoms with Gasteiger partial charge in [0.15, 0.2) is 5.17 Å². The van der Waals surface area contributed by atoms with Crippen molar-refractivity contribution < 1.29 is 14.3 Å². The molecule has 2 aromatic carbocycles. The van der Waals surface area contributed by atoms with Crippen LogP contribution in [0.3, 0.4) is 0 Å². The van der Waals surface area contributed by atoms with Gasteiger partial charge >= 0.3 is 0 Å². The standard InChI is InChI=1S/C25H29N3O3S/c1-16-10-11-18(3)21(13-16)26-23(29)14-22-24(30)28(15-19-8-6-12-31-19)25(32-22)27-20-9-5-4-7-17(20)2/h4-5,7,9-11,13,19,22H,6,8,12,14-15H2,1-3H3,(H,26,29). The zero-order chi connectivity index (χ0) is 22.7. The molecule has 4 rings (SSSR count). The molecule has 0 bridgehead atoms. The lowest BCUT2D eigenvalue weighted by Gasteiger charge is -2.20. The fraction of sp³-hybridized carbons (Fsp3) is 0.400. The fourth-order valence-corrected chi connectivity index (χ4v) is 5.08. The van der Waals surface area contributed by atoms with Gasteiger partial charge in [-0.05, 0) is 62.4 Å². The number of benzene rings is 2. The molecule has 2 aromatic rings. The highest BCUT2D eigenvalue weighted by Gasteiger charge is 2.40. The van der Waals surface area contributed by atoms with E-state index in [1.165, 1.54) is 11.8 Å². The first-order valence-corrected chi connectivity index (χ1v) is 11.9. The second kappa shape index (κ2) is 9.88. The van der Waals surface area contributed by atoms with E-state index in [0.717, 1.165) is 47.5 Å². The lowest BCUT2D eigenvalue weighted by Crippen LogP contribution is -2.38. The second-order valence-electron chi connectivity index (χ2n) is 8.44. The Morgan fingerprint density at radius 1 is 1.19 bits per heavy atom. The van der Waals surface area contributed by atoms with Crippen LogP contribution in [0.5, 0.6) is 0 Å². The highest BCUT2D eigenvalue weighted by Crippen LogP contribution is 2.33. The number of amides is 2. The van der Waals surface area contributed by atoms with Crippen LogP contribution in [0.4, 0.5) is 11.4 Å². The minimum absolute atomic E-state index is 0.0177. The molecule has 168 valence electrons. The molecule has 0 radical (unpaired) electrons. The van der Waals surface area contributed by atoms with Gasteiger partial charge in [-0.3, -0.25) is 14.5 Å². The molecule has 2 aliphatic heterocycles. The van der Waals surface area contributed by atoms with Crippen LogP contribution >= 0.6 is 11.8 Å². The van der Waals surface area contributed by atoms with Gasteiger partial charge < -0.3 is 10.1 Å². The van der Waals surface area contributed by atoms with Gasteiger partial charge in [-0.25, -0.2) is 4.99 Å². The topological polar surface area (TPSA) is 71.0 Å². The van der Waals surface area contributed by atoms with Crippen LogP contribution in [0.15, 0.2) is 47.5 Å². The number of aryl methyl sites for hydroxylation is 3. The molecule has 0 aromatic heterocycles. The Morgan fingerprint density at radius 2 is 2.00 bits per heavy atom. The smallest absolute Gasteiger partial charge is 0.242 e. The van der Waals surface area contributed by atoms with Crippen molar-refractivity contribution in [2.24, 2.45) is 4.99 Å². The zero-order valence-corrected chi connectivity index (χ0v) is 19.6. The number of hydrogen-bond donors (Lipinski definition) is 1. The van der Waals surface area contributed by atoms with E-state index < -0.39 is 5.25 Å². The normalized spacial score (nSPS) is 22.0. The number of ether oxygens (including phenoxy) is 1. The molecule has 2 unspecified atom stereocenters. The van der Waals surface area contributed by atoms with Crippen molar-refractivity contribution in [3.63, 3.8) is 0 Å². The van der Waals surface area contributed by atoms with Crippen LogP contribution in [0.2, 0.25) is 0 Å². The summed E-state index contributed by atoms with van der Waals surface area (Å²) in [6.45, 7) is 7.15. The van der Waals surface area contributed by atoms with E-state index in [1.54, 1.807) is 4.90 Å². The number of carbonyl (C=O) groups is 2. The van der Waals surface area contributed by atoms with Crippen LogP contribution < -0.4 is 5.32 Å². The Balaban J connectivity index is 1.52. The fourth-order valence-electron chi connectivity index (χ4n) is 3.92. The lowest BCUT2D eigenvalue weighted by molar-refractivity contribution is -0.129. The molecule has 2 aliphatic rings. The van der Waals surface area contributed by atoms with Gasteiger partial charge in [-0.2, -0.15) is 0 Å². The Kier molecular flexibility index (Phi) is 6.96. The van der Waals surface area contributed by atoms with E-state index in [0.29, 0.717) is 11.7 Å². The highest BCUT2D eigenvalue weighted by atomic mass is 32.2. The summed E-state index contributed by atoms with van der Waals surface area (Å²) >= 11 is 1.37. The summed E-state index contributed by atoms with van der Waals surface area (Å²) in [6, 6.07) is 13.8. The Labute approximate surface area is 193 Å². The van der Waals surface area contributed by atoms with E-state index in [1.807, 2.05) is 63.2 Å². The minimum Gasteiger partial charge on any atom is -0.376 e. The minimum atomic E-state index is -0.496. The average Bonchev–Trinajstić information content (AvgIpc) is 3.37. The summed E-state index contributed by atoms with van der Waals surface area (Å²) in [6.07, 6.45) is 2.06. The van der Waals surface area contributed by atoms with Crippen LogP contribution in [-0.4, -0.2) is 46.4 Å². The summed E-state index contributed by atoms with van der Waals surface area (Å²) < 4.78 is 5.77. The summed E-state index contributed by atoms with van der Waals surface area (Å²) in [7, 11) is 0. The van der Waals surface area contributed by atoms with Gasteiger partial charge in [0, 0.05) is 18.7 Å². The largest absolute Gasteiger partial charge is 0.376 e. The van der Waals surface area contributed by atoms with E-state index in [9.17, 15) is 9.59 Å². The summed E-state index contributed by atoms with van der Waals surface area (Å²) in [5.41, 5.74) is 4.74. The Hall–Kier alpha value is -2.64. The number of para-hydroxylation sites is 1. The molecule has 2 saturated heterocycles. The molecule has 2 heterocycles. The zero-order valence-electron chi connectivity index (χ0n) is 18.8. The third-order valence-corrected chi connectivity index (χ3v) is 6.98. The maximum Gasteiger partial charge on any atom is 0.242 e. The molecule has 1 N–H and O–H groups in total. The third kappa shape index (κ3) is 5.22. The first-order chi connectivity index (χ1) is 15.4. The van der Waals surface area contributed by atoms with Gasteiger partial charge in [-0.1, -0.05) is 42.1 Å². The number of nitrogens with one attached hydrogen (secondary N) is 1. The molecule has 0 saturated carbocycles.